The zero-order valence-electron chi connectivity index (χ0n) is 10.8. The van der Waals surface area contributed by atoms with Crippen LogP contribution < -0.4 is 5.32 Å². The Morgan fingerprint density at radius 1 is 1.05 bits per heavy atom. The number of fused-ring (bicyclic) bond motifs is 2. The van der Waals surface area contributed by atoms with Crippen LogP contribution in [0.2, 0.25) is 0 Å². The van der Waals surface area contributed by atoms with Crippen molar-refractivity contribution in [3.63, 3.8) is 0 Å². The Labute approximate surface area is 115 Å². The van der Waals surface area contributed by atoms with Gasteiger partial charge in [0.15, 0.2) is 5.78 Å². The second kappa shape index (κ2) is 4.20. The number of H-pyrrole nitrogens is 1. The monoisotopic (exact) mass is 263 g/mol. The topological polar surface area (TPSA) is 57.8 Å². The first-order chi connectivity index (χ1) is 9.83. The molecule has 0 aliphatic carbocycles. The number of Topliss-reactive ketones (excluding diaryl/α,β-unsaturated/α-hetero) is 1. The van der Waals surface area contributed by atoms with E-state index < -0.39 is 0 Å². The van der Waals surface area contributed by atoms with E-state index in [1.807, 2.05) is 48.5 Å². The van der Waals surface area contributed by atoms with Crippen LogP contribution in [0.5, 0.6) is 0 Å². The third-order valence-corrected chi connectivity index (χ3v) is 3.74. The highest BCUT2D eigenvalue weighted by atomic mass is 16.1. The zero-order valence-corrected chi connectivity index (χ0v) is 10.8. The van der Waals surface area contributed by atoms with Gasteiger partial charge >= 0.3 is 0 Å². The second-order valence-corrected chi connectivity index (χ2v) is 4.98. The quantitative estimate of drug-likeness (QED) is 0.709. The van der Waals surface area contributed by atoms with Gasteiger partial charge in [0.25, 0.3) is 0 Å². The van der Waals surface area contributed by atoms with Crippen molar-refractivity contribution in [1.29, 1.82) is 0 Å². The minimum Gasteiger partial charge on any atom is -0.383 e. The van der Waals surface area contributed by atoms with Crippen molar-refractivity contribution in [1.82, 2.24) is 9.97 Å². The first kappa shape index (κ1) is 11.2. The number of carbonyl (C=O) groups is 1. The normalized spacial score (nSPS) is 17.8. The summed E-state index contributed by atoms with van der Waals surface area (Å²) in [5.74, 6) is 0.605. The average Bonchev–Trinajstić information content (AvgIpc) is 2.91. The van der Waals surface area contributed by atoms with Crippen molar-refractivity contribution in [3.8, 4) is 0 Å². The van der Waals surface area contributed by atoms with Crippen LogP contribution in [0.15, 0.2) is 48.5 Å². The summed E-state index contributed by atoms with van der Waals surface area (Å²) in [6.07, 6.45) is 0. The Hall–Kier alpha value is -2.62. The molecule has 20 heavy (non-hydrogen) atoms. The van der Waals surface area contributed by atoms with Crippen LogP contribution in [0.1, 0.15) is 22.1 Å². The molecular formula is C16H13N3O. The number of rotatable bonds is 1. The van der Waals surface area contributed by atoms with E-state index in [2.05, 4.69) is 15.3 Å². The van der Waals surface area contributed by atoms with Crippen LogP contribution in [-0.4, -0.2) is 22.3 Å². The molecule has 1 aromatic heterocycles. The smallest absolute Gasteiger partial charge is 0.177 e. The number of aromatic nitrogens is 2. The molecule has 1 aliphatic rings. The van der Waals surface area contributed by atoms with Crippen molar-refractivity contribution in [3.05, 3.63) is 59.9 Å². The van der Waals surface area contributed by atoms with Crippen LogP contribution in [-0.2, 0) is 0 Å². The molecule has 0 bridgehead atoms. The Balaban J connectivity index is 1.78. The fourth-order valence-electron chi connectivity index (χ4n) is 2.70. The highest BCUT2D eigenvalue weighted by Crippen LogP contribution is 2.29. The molecule has 1 aliphatic heterocycles. The Bertz CT molecular complexity index is 773. The van der Waals surface area contributed by atoms with E-state index in [-0.39, 0.29) is 11.7 Å². The third kappa shape index (κ3) is 1.61. The second-order valence-electron chi connectivity index (χ2n) is 4.98. The van der Waals surface area contributed by atoms with Gasteiger partial charge in [-0.05, 0) is 24.3 Å². The van der Waals surface area contributed by atoms with Gasteiger partial charge in [-0.25, -0.2) is 4.98 Å². The number of ketones is 1. The number of imidazole rings is 1. The van der Waals surface area contributed by atoms with Crippen molar-refractivity contribution < 1.29 is 4.79 Å². The lowest BCUT2D eigenvalue weighted by Gasteiger charge is -2.23. The predicted molar refractivity (Wildman–Crippen MR) is 78.1 cm³/mol. The molecule has 0 spiro atoms. The molecule has 2 heterocycles. The molecule has 0 fully saturated rings. The lowest BCUT2D eigenvalue weighted by molar-refractivity contribution is 0.0957. The molecule has 2 aromatic carbocycles. The highest BCUT2D eigenvalue weighted by molar-refractivity contribution is 6.07. The number of aromatic amines is 1. The molecule has 0 amide bonds. The van der Waals surface area contributed by atoms with Gasteiger partial charge in [-0.1, -0.05) is 24.3 Å². The van der Waals surface area contributed by atoms with Gasteiger partial charge in [0.1, 0.15) is 5.82 Å². The van der Waals surface area contributed by atoms with E-state index >= 15 is 0 Å². The van der Waals surface area contributed by atoms with Gasteiger partial charge in [0, 0.05) is 17.8 Å². The minimum atomic E-state index is -0.253. The SMILES string of the molecule is O=C1c2ccccc2NCC1c1nc2ccccc2[nH]1. The molecule has 0 saturated carbocycles. The number of hydrogen-bond donors (Lipinski definition) is 2. The van der Waals surface area contributed by atoms with E-state index in [0.717, 1.165) is 28.1 Å². The molecule has 2 N–H and O–H groups in total. The highest BCUT2D eigenvalue weighted by Gasteiger charge is 2.30. The standard InChI is InChI=1S/C16H13N3O/c20-15-10-5-1-2-6-12(10)17-9-11(15)16-18-13-7-3-4-8-14(13)19-16/h1-8,11,17H,9H2,(H,18,19). The predicted octanol–water partition coefficient (Wildman–Crippen LogP) is 2.95. The number of carbonyl (C=O) groups excluding carboxylic acids is 1. The fraction of sp³-hybridized carbons (Fsp3) is 0.125. The van der Waals surface area contributed by atoms with Crippen LogP contribution in [0, 0.1) is 0 Å². The van der Waals surface area contributed by atoms with Crippen molar-refractivity contribution >= 4 is 22.5 Å². The maximum atomic E-state index is 12.6. The lowest BCUT2D eigenvalue weighted by Crippen LogP contribution is -2.28. The van der Waals surface area contributed by atoms with Crippen molar-refractivity contribution in [2.45, 2.75) is 5.92 Å². The summed E-state index contributed by atoms with van der Waals surface area (Å²) >= 11 is 0. The summed E-state index contributed by atoms with van der Waals surface area (Å²) in [6.45, 7) is 0.579. The number of hydrogen-bond acceptors (Lipinski definition) is 3. The van der Waals surface area contributed by atoms with E-state index in [0.29, 0.717) is 6.54 Å². The first-order valence-electron chi connectivity index (χ1n) is 6.65. The van der Waals surface area contributed by atoms with Crippen LogP contribution in [0.25, 0.3) is 11.0 Å². The van der Waals surface area contributed by atoms with Gasteiger partial charge in [-0.15, -0.1) is 0 Å². The Morgan fingerprint density at radius 2 is 1.85 bits per heavy atom. The van der Waals surface area contributed by atoms with E-state index in [1.165, 1.54) is 0 Å². The maximum absolute atomic E-state index is 12.6. The summed E-state index contributed by atoms with van der Waals surface area (Å²) in [4.78, 5) is 20.4. The summed E-state index contributed by atoms with van der Waals surface area (Å²) in [6, 6.07) is 15.4. The third-order valence-electron chi connectivity index (χ3n) is 3.74. The number of anilines is 1. The molecule has 4 rings (SSSR count). The number of nitrogens with one attached hydrogen (secondary N) is 2. The molecule has 4 heteroatoms. The van der Waals surface area contributed by atoms with Crippen LogP contribution in [0.4, 0.5) is 5.69 Å². The molecule has 4 nitrogen and oxygen atoms in total. The summed E-state index contributed by atoms with van der Waals surface area (Å²) in [5, 5.41) is 3.31. The number of nitrogens with zero attached hydrogens (tertiary/aromatic N) is 1. The summed E-state index contributed by atoms with van der Waals surface area (Å²) in [7, 11) is 0. The van der Waals surface area contributed by atoms with Crippen LogP contribution in [0.3, 0.4) is 0 Å². The van der Waals surface area contributed by atoms with Crippen molar-refractivity contribution in [2.24, 2.45) is 0 Å². The number of benzene rings is 2. The van der Waals surface area contributed by atoms with Gasteiger partial charge in [-0.3, -0.25) is 4.79 Å². The molecule has 98 valence electrons. The molecule has 1 atom stereocenters. The molecule has 0 radical (unpaired) electrons. The fourth-order valence-corrected chi connectivity index (χ4v) is 2.70. The summed E-state index contributed by atoms with van der Waals surface area (Å²) in [5.41, 5.74) is 3.51. The Morgan fingerprint density at radius 3 is 2.75 bits per heavy atom. The van der Waals surface area contributed by atoms with E-state index in [4.69, 9.17) is 0 Å². The number of para-hydroxylation sites is 3. The lowest BCUT2D eigenvalue weighted by atomic mass is 9.92. The molecule has 3 aromatic rings. The zero-order chi connectivity index (χ0) is 13.5. The Kier molecular flexibility index (Phi) is 2.36. The van der Waals surface area contributed by atoms with E-state index in [1.54, 1.807) is 0 Å². The molecular weight excluding hydrogens is 250 g/mol. The van der Waals surface area contributed by atoms with E-state index in [9.17, 15) is 4.79 Å². The largest absolute Gasteiger partial charge is 0.383 e. The first-order valence-corrected chi connectivity index (χ1v) is 6.65. The van der Waals surface area contributed by atoms with Crippen molar-refractivity contribution in [2.75, 3.05) is 11.9 Å². The summed E-state index contributed by atoms with van der Waals surface area (Å²) < 4.78 is 0. The molecule has 1 unspecified atom stereocenters. The van der Waals surface area contributed by atoms with Gasteiger partial charge < -0.3 is 10.3 Å². The van der Waals surface area contributed by atoms with Gasteiger partial charge in [0.05, 0.1) is 17.0 Å². The van der Waals surface area contributed by atoms with Gasteiger partial charge in [-0.2, -0.15) is 0 Å². The average molecular weight is 263 g/mol. The van der Waals surface area contributed by atoms with Gasteiger partial charge in [0.2, 0.25) is 0 Å². The minimum absolute atomic E-state index is 0.124. The molecule has 0 saturated heterocycles. The van der Waals surface area contributed by atoms with Crippen LogP contribution >= 0.6 is 0 Å². The maximum Gasteiger partial charge on any atom is 0.177 e.